The molecule has 0 saturated heterocycles. The first kappa shape index (κ1) is 9.03. The summed E-state index contributed by atoms with van der Waals surface area (Å²) in [5.74, 6) is 0.565. The molecule has 4 heteroatoms. The van der Waals surface area contributed by atoms with Crippen LogP contribution in [-0.2, 0) is 0 Å². The first-order valence-electron chi connectivity index (χ1n) is 3.87. The number of benzene rings is 1. The van der Waals surface area contributed by atoms with Gasteiger partial charge >= 0.3 is 0 Å². The monoisotopic (exact) mass is 259 g/mol. The lowest BCUT2D eigenvalue weighted by atomic mass is 10.3. The van der Waals surface area contributed by atoms with Gasteiger partial charge in [-0.05, 0) is 25.1 Å². The SMILES string of the molecule is CC(Cl)c1nc2cc(Br)ccc2o1. The van der Waals surface area contributed by atoms with E-state index in [1.165, 1.54) is 0 Å². The zero-order valence-electron chi connectivity index (χ0n) is 6.92. The van der Waals surface area contributed by atoms with Crippen LogP contribution in [0, 0.1) is 0 Å². The van der Waals surface area contributed by atoms with E-state index in [1.807, 2.05) is 25.1 Å². The third-order valence-electron chi connectivity index (χ3n) is 1.71. The van der Waals surface area contributed by atoms with E-state index in [9.17, 15) is 0 Å². The summed E-state index contributed by atoms with van der Waals surface area (Å²) in [5.41, 5.74) is 1.60. The lowest BCUT2D eigenvalue weighted by Gasteiger charge is -1.91. The van der Waals surface area contributed by atoms with Crippen molar-refractivity contribution in [1.29, 1.82) is 0 Å². The molecule has 1 heterocycles. The molecule has 0 N–H and O–H groups in total. The molecule has 13 heavy (non-hydrogen) atoms. The molecule has 0 aliphatic carbocycles. The van der Waals surface area contributed by atoms with Gasteiger partial charge in [-0.1, -0.05) is 15.9 Å². The van der Waals surface area contributed by atoms with Crippen LogP contribution in [-0.4, -0.2) is 4.98 Å². The van der Waals surface area contributed by atoms with Crippen molar-refractivity contribution in [1.82, 2.24) is 4.98 Å². The molecular weight excluding hydrogens is 253 g/mol. The number of fused-ring (bicyclic) bond motifs is 1. The van der Waals surface area contributed by atoms with E-state index < -0.39 is 0 Å². The molecule has 0 amide bonds. The topological polar surface area (TPSA) is 26.0 Å². The Bertz CT molecular complexity index is 438. The fraction of sp³-hybridized carbons (Fsp3) is 0.222. The van der Waals surface area contributed by atoms with Gasteiger partial charge in [0.25, 0.3) is 0 Å². The first-order valence-corrected chi connectivity index (χ1v) is 5.10. The second-order valence-electron chi connectivity index (χ2n) is 2.78. The van der Waals surface area contributed by atoms with Crippen LogP contribution in [0.4, 0.5) is 0 Å². The minimum absolute atomic E-state index is 0.189. The molecule has 0 bridgehead atoms. The van der Waals surface area contributed by atoms with Crippen LogP contribution >= 0.6 is 27.5 Å². The van der Waals surface area contributed by atoms with E-state index in [4.69, 9.17) is 16.0 Å². The summed E-state index contributed by atoms with van der Waals surface area (Å²) in [6.45, 7) is 1.83. The summed E-state index contributed by atoms with van der Waals surface area (Å²) < 4.78 is 6.41. The smallest absolute Gasteiger partial charge is 0.213 e. The van der Waals surface area contributed by atoms with Gasteiger partial charge in [0.05, 0.1) is 0 Å². The first-order chi connectivity index (χ1) is 6.16. The van der Waals surface area contributed by atoms with Gasteiger partial charge in [0.2, 0.25) is 5.89 Å². The standard InChI is InChI=1S/C9H7BrClNO/c1-5(11)9-12-7-4-6(10)2-3-8(7)13-9/h2-5H,1H3. The second kappa shape index (κ2) is 3.31. The zero-order valence-corrected chi connectivity index (χ0v) is 9.26. The van der Waals surface area contributed by atoms with Crippen LogP contribution in [0.3, 0.4) is 0 Å². The van der Waals surface area contributed by atoms with Crippen molar-refractivity contribution in [3.63, 3.8) is 0 Å². The van der Waals surface area contributed by atoms with Crippen molar-refractivity contribution in [3.05, 3.63) is 28.6 Å². The number of oxazole rings is 1. The highest BCUT2D eigenvalue weighted by molar-refractivity contribution is 9.10. The number of hydrogen-bond donors (Lipinski definition) is 0. The van der Waals surface area contributed by atoms with Crippen molar-refractivity contribution in [2.75, 3.05) is 0 Å². The minimum atomic E-state index is -0.189. The molecule has 1 aromatic carbocycles. The number of hydrogen-bond acceptors (Lipinski definition) is 2. The van der Waals surface area contributed by atoms with Crippen molar-refractivity contribution >= 4 is 38.6 Å². The number of halogens is 2. The third kappa shape index (κ3) is 1.71. The van der Waals surface area contributed by atoms with E-state index in [1.54, 1.807) is 0 Å². The Balaban J connectivity index is 2.62. The van der Waals surface area contributed by atoms with Crippen LogP contribution in [0.15, 0.2) is 27.1 Å². The number of aromatic nitrogens is 1. The van der Waals surface area contributed by atoms with Crippen LogP contribution in [0.5, 0.6) is 0 Å². The van der Waals surface area contributed by atoms with Gasteiger partial charge in [0, 0.05) is 4.47 Å². The van der Waals surface area contributed by atoms with E-state index >= 15 is 0 Å². The van der Waals surface area contributed by atoms with Crippen molar-refractivity contribution in [2.45, 2.75) is 12.3 Å². The van der Waals surface area contributed by atoms with Gasteiger partial charge in [0.15, 0.2) is 5.58 Å². The van der Waals surface area contributed by atoms with E-state index in [2.05, 4.69) is 20.9 Å². The maximum absolute atomic E-state index is 5.85. The number of nitrogens with zero attached hydrogens (tertiary/aromatic N) is 1. The van der Waals surface area contributed by atoms with E-state index in [0.29, 0.717) is 5.89 Å². The molecule has 0 fully saturated rings. The van der Waals surface area contributed by atoms with Gasteiger partial charge in [0.1, 0.15) is 10.9 Å². The van der Waals surface area contributed by atoms with Crippen LogP contribution in [0.25, 0.3) is 11.1 Å². The molecule has 1 aromatic heterocycles. The molecular formula is C9H7BrClNO. The van der Waals surface area contributed by atoms with Crippen LogP contribution in [0.2, 0.25) is 0 Å². The highest BCUT2D eigenvalue weighted by atomic mass is 79.9. The Morgan fingerprint density at radius 1 is 1.54 bits per heavy atom. The fourth-order valence-electron chi connectivity index (χ4n) is 1.09. The molecule has 0 spiro atoms. The number of alkyl halides is 1. The summed E-state index contributed by atoms with van der Waals surface area (Å²) in [7, 11) is 0. The highest BCUT2D eigenvalue weighted by Crippen LogP contribution is 2.25. The maximum atomic E-state index is 5.85. The Morgan fingerprint density at radius 2 is 2.31 bits per heavy atom. The molecule has 2 aromatic rings. The minimum Gasteiger partial charge on any atom is -0.439 e. The normalized spacial score (nSPS) is 13.5. The van der Waals surface area contributed by atoms with Crippen LogP contribution < -0.4 is 0 Å². The Labute approximate surface area is 89.0 Å². The molecule has 2 rings (SSSR count). The summed E-state index contributed by atoms with van der Waals surface area (Å²) >= 11 is 9.21. The average Bonchev–Trinajstić information content (AvgIpc) is 2.46. The van der Waals surface area contributed by atoms with Gasteiger partial charge in [-0.2, -0.15) is 0 Å². The number of rotatable bonds is 1. The van der Waals surface area contributed by atoms with Gasteiger partial charge in [-0.25, -0.2) is 4.98 Å². The van der Waals surface area contributed by atoms with Crippen molar-refractivity contribution in [3.8, 4) is 0 Å². The predicted molar refractivity (Wildman–Crippen MR) is 56.0 cm³/mol. The quantitative estimate of drug-likeness (QED) is 0.727. The zero-order chi connectivity index (χ0) is 9.42. The molecule has 1 atom stereocenters. The fourth-order valence-corrected chi connectivity index (χ4v) is 1.53. The summed E-state index contributed by atoms with van der Waals surface area (Å²) in [4.78, 5) is 4.24. The van der Waals surface area contributed by atoms with E-state index in [-0.39, 0.29) is 5.38 Å². The second-order valence-corrected chi connectivity index (χ2v) is 4.35. The molecule has 0 radical (unpaired) electrons. The molecule has 0 saturated carbocycles. The third-order valence-corrected chi connectivity index (χ3v) is 2.39. The molecule has 68 valence electrons. The van der Waals surface area contributed by atoms with Gasteiger partial charge < -0.3 is 4.42 Å². The summed E-state index contributed by atoms with van der Waals surface area (Å²) in [6.07, 6.45) is 0. The van der Waals surface area contributed by atoms with Crippen LogP contribution in [0.1, 0.15) is 18.2 Å². The lowest BCUT2D eigenvalue weighted by molar-refractivity contribution is 0.531. The van der Waals surface area contributed by atoms with Crippen molar-refractivity contribution in [2.24, 2.45) is 0 Å². The predicted octanol–water partition coefficient (Wildman–Crippen LogP) is 3.89. The summed E-state index contributed by atoms with van der Waals surface area (Å²) in [5, 5.41) is -0.189. The largest absolute Gasteiger partial charge is 0.439 e. The highest BCUT2D eigenvalue weighted by Gasteiger charge is 2.10. The Kier molecular flexibility index (Phi) is 2.30. The molecule has 0 aliphatic heterocycles. The molecule has 2 nitrogen and oxygen atoms in total. The summed E-state index contributed by atoms with van der Waals surface area (Å²) in [6, 6.07) is 5.69. The lowest BCUT2D eigenvalue weighted by Crippen LogP contribution is -1.81. The Hall–Kier alpha value is -0.540. The average molecular weight is 261 g/mol. The maximum Gasteiger partial charge on any atom is 0.213 e. The van der Waals surface area contributed by atoms with Gasteiger partial charge in [-0.15, -0.1) is 11.6 Å². The molecule has 0 aliphatic rings. The van der Waals surface area contributed by atoms with Gasteiger partial charge in [-0.3, -0.25) is 0 Å². The Morgan fingerprint density at radius 3 is 3.00 bits per heavy atom. The molecule has 1 unspecified atom stereocenters. The van der Waals surface area contributed by atoms with Crippen molar-refractivity contribution < 1.29 is 4.42 Å². The van der Waals surface area contributed by atoms with E-state index in [0.717, 1.165) is 15.6 Å².